The van der Waals surface area contributed by atoms with Crippen molar-refractivity contribution in [2.75, 3.05) is 13.2 Å². The van der Waals surface area contributed by atoms with Gasteiger partial charge in [0.25, 0.3) is 0 Å². The van der Waals surface area contributed by atoms with Crippen LogP contribution in [0.4, 0.5) is 13.2 Å². The molecule has 0 saturated heterocycles. The average molecular weight is 221 g/mol. The molecule has 0 amide bonds. The maximum Gasteiger partial charge on any atom is 0.411 e. The number of nitriles is 1. The Hall–Kier alpha value is -0.760. The highest BCUT2D eigenvalue weighted by molar-refractivity contribution is 5.04. The van der Waals surface area contributed by atoms with Gasteiger partial charge < -0.3 is 4.74 Å². The summed E-state index contributed by atoms with van der Waals surface area (Å²) in [5, 5.41) is 8.85. The van der Waals surface area contributed by atoms with Gasteiger partial charge in [-0.15, -0.1) is 0 Å². The van der Waals surface area contributed by atoms with Gasteiger partial charge >= 0.3 is 6.18 Å². The van der Waals surface area contributed by atoms with Gasteiger partial charge in [0, 0.05) is 6.61 Å². The topological polar surface area (TPSA) is 33.0 Å². The Bertz CT molecular complexity index is 240. The van der Waals surface area contributed by atoms with Gasteiger partial charge in [0.15, 0.2) is 0 Å². The summed E-state index contributed by atoms with van der Waals surface area (Å²) < 4.78 is 39.5. The third kappa shape index (κ3) is 4.08. The molecule has 0 aromatic carbocycles. The van der Waals surface area contributed by atoms with Crippen molar-refractivity contribution in [1.29, 1.82) is 5.26 Å². The molecule has 0 radical (unpaired) electrons. The summed E-state index contributed by atoms with van der Waals surface area (Å²) in [6.45, 7) is -1.10. The quantitative estimate of drug-likeness (QED) is 0.668. The van der Waals surface area contributed by atoms with E-state index in [1.165, 1.54) is 0 Å². The summed E-state index contributed by atoms with van der Waals surface area (Å²) in [7, 11) is 0. The maximum atomic E-state index is 11.7. The molecule has 0 N–H and O–H groups in total. The van der Waals surface area contributed by atoms with E-state index in [1.807, 2.05) is 0 Å². The Labute approximate surface area is 87.0 Å². The molecule has 1 aliphatic carbocycles. The van der Waals surface area contributed by atoms with Crippen LogP contribution in [0.2, 0.25) is 0 Å². The number of nitrogens with zero attached hydrogens (tertiary/aromatic N) is 1. The lowest BCUT2D eigenvalue weighted by molar-refractivity contribution is -0.174. The molecule has 0 aromatic rings. The van der Waals surface area contributed by atoms with E-state index in [0.717, 1.165) is 19.3 Å². The van der Waals surface area contributed by atoms with Crippen molar-refractivity contribution in [2.24, 2.45) is 5.41 Å². The minimum Gasteiger partial charge on any atom is -0.372 e. The first kappa shape index (κ1) is 12.3. The van der Waals surface area contributed by atoms with E-state index in [1.54, 1.807) is 0 Å². The highest BCUT2D eigenvalue weighted by Gasteiger charge is 2.36. The summed E-state index contributed by atoms with van der Waals surface area (Å²) in [5.74, 6) is 0. The number of ether oxygens (including phenoxy) is 1. The van der Waals surface area contributed by atoms with Crippen molar-refractivity contribution < 1.29 is 17.9 Å². The summed E-state index contributed by atoms with van der Waals surface area (Å²) in [6.07, 6.45) is -0.253. The lowest BCUT2D eigenvalue weighted by Gasteiger charge is -2.35. The van der Waals surface area contributed by atoms with Crippen molar-refractivity contribution in [1.82, 2.24) is 0 Å². The molecule has 5 heteroatoms. The van der Waals surface area contributed by atoms with Crippen molar-refractivity contribution in [3.63, 3.8) is 0 Å². The molecule has 0 bridgehead atoms. The van der Waals surface area contributed by atoms with Gasteiger partial charge in [-0.25, -0.2) is 0 Å². The van der Waals surface area contributed by atoms with Crippen LogP contribution >= 0.6 is 0 Å². The number of hydrogen-bond donors (Lipinski definition) is 0. The zero-order valence-electron chi connectivity index (χ0n) is 8.44. The van der Waals surface area contributed by atoms with Crippen LogP contribution in [0, 0.1) is 16.7 Å². The van der Waals surface area contributed by atoms with E-state index in [4.69, 9.17) is 5.26 Å². The first-order valence-electron chi connectivity index (χ1n) is 5.03. The number of hydrogen-bond acceptors (Lipinski definition) is 2. The number of halogens is 3. The van der Waals surface area contributed by atoms with Crippen LogP contribution in [0.15, 0.2) is 0 Å². The number of alkyl halides is 3. The van der Waals surface area contributed by atoms with Gasteiger partial charge in [-0.2, -0.15) is 18.4 Å². The third-order valence-corrected chi connectivity index (χ3v) is 2.76. The molecule has 2 nitrogen and oxygen atoms in total. The Morgan fingerprint density at radius 3 is 2.40 bits per heavy atom. The second-order valence-corrected chi connectivity index (χ2v) is 4.02. The van der Waals surface area contributed by atoms with E-state index < -0.39 is 12.8 Å². The van der Waals surface area contributed by atoms with Gasteiger partial charge in [0.1, 0.15) is 6.61 Å². The Kier molecular flexibility index (Phi) is 3.97. The van der Waals surface area contributed by atoms with E-state index >= 15 is 0 Å². The van der Waals surface area contributed by atoms with E-state index in [-0.39, 0.29) is 12.0 Å². The molecule has 0 aliphatic heterocycles. The molecule has 15 heavy (non-hydrogen) atoms. The Balaban J connectivity index is 2.05. The molecule has 0 heterocycles. The van der Waals surface area contributed by atoms with Crippen LogP contribution in [0.1, 0.15) is 32.1 Å². The van der Waals surface area contributed by atoms with Crippen LogP contribution in [-0.4, -0.2) is 19.4 Å². The first-order valence-corrected chi connectivity index (χ1v) is 5.03. The van der Waals surface area contributed by atoms with Crippen molar-refractivity contribution in [2.45, 2.75) is 38.3 Å². The molecule has 1 fully saturated rings. The van der Waals surface area contributed by atoms with Crippen LogP contribution in [0.25, 0.3) is 0 Å². The lowest BCUT2D eigenvalue weighted by atomic mass is 9.67. The Morgan fingerprint density at radius 1 is 1.33 bits per heavy atom. The zero-order chi connectivity index (χ0) is 11.4. The third-order valence-electron chi connectivity index (χ3n) is 2.76. The van der Waals surface area contributed by atoms with E-state index in [0.29, 0.717) is 12.8 Å². The van der Waals surface area contributed by atoms with Crippen LogP contribution in [-0.2, 0) is 4.74 Å². The van der Waals surface area contributed by atoms with Gasteiger partial charge in [0.2, 0.25) is 0 Å². The largest absolute Gasteiger partial charge is 0.411 e. The molecule has 1 aliphatic rings. The normalized spacial score (nSPS) is 19.3. The molecule has 1 saturated carbocycles. The van der Waals surface area contributed by atoms with Crippen molar-refractivity contribution in [3.8, 4) is 6.07 Å². The second-order valence-electron chi connectivity index (χ2n) is 4.02. The molecule has 0 aromatic heterocycles. The minimum atomic E-state index is -4.25. The van der Waals surface area contributed by atoms with Crippen molar-refractivity contribution in [3.05, 3.63) is 0 Å². The van der Waals surface area contributed by atoms with Crippen LogP contribution in [0.5, 0.6) is 0 Å². The minimum absolute atomic E-state index is 0.0862. The molecule has 1 rings (SSSR count). The summed E-state index contributed by atoms with van der Waals surface area (Å²) in [4.78, 5) is 0. The lowest BCUT2D eigenvalue weighted by Crippen LogP contribution is -2.28. The fraction of sp³-hybridized carbons (Fsp3) is 0.900. The smallest absolute Gasteiger partial charge is 0.372 e. The maximum absolute atomic E-state index is 11.7. The molecular formula is C10H14F3NO. The monoisotopic (exact) mass is 221 g/mol. The van der Waals surface area contributed by atoms with E-state index in [2.05, 4.69) is 10.8 Å². The van der Waals surface area contributed by atoms with Crippen LogP contribution in [0.3, 0.4) is 0 Å². The molecule has 0 spiro atoms. The zero-order valence-corrected chi connectivity index (χ0v) is 8.44. The predicted octanol–water partition coefficient (Wildman–Crippen LogP) is 3.04. The SMILES string of the molecule is N#CC1(CCCOCC(F)(F)F)CCC1. The Morgan fingerprint density at radius 2 is 2.00 bits per heavy atom. The molecule has 0 unspecified atom stereocenters. The summed E-state index contributed by atoms with van der Waals surface area (Å²) in [5.41, 5.74) is -0.262. The first-order chi connectivity index (χ1) is 6.97. The number of rotatable bonds is 5. The average Bonchev–Trinajstić information content (AvgIpc) is 2.06. The molecule has 86 valence electrons. The fourth-order valence-corrected chi connectivity index (χ4v) is 1.72. The summed E-state index contributed by atoms with van der Waals surface area (Å²) in [6, 6.07) is 2.24. The highest BCUT2D eigenvalue weighted by atomic mass is 19.4. The summed E-state index contributed by atoms with van der Waals surface area (Å²) >= 11 is 0. The fourth-order valence-electron chi connectivity index (χ4n) is 1.72. The van der Waals surface area contributed by atoms with Gasteiger partial charge in [-0.05, 0) is 25.7 Å². The highest BCUT2D eigenvalue weighted by Crippen LogP contribution is 2.43. The van der Waals surface area contributed by atoms with Crippen LogP contribution < -0.4 is 0 Å². The predicted molar refractivity (Wildman–Crippen MR) is 48.0 cm³/mol. The standard InChI is InChI=1S/C10H14F3NO/c11-10(12,13)8-15-6-2-5-9(7-14)3-1-4-9/h1-6,8H2. The molecule has 0 atom stereocenters. The van der Waals surface area contributed by atoms with Gasteiger partial charge in [-0.1, -0.05) is 6.42 Å². The van der Waals surface area contributed by atoms with E-state index in [9.17, 15) is 13.2 Å². The van der Waals surface area contributed by atoms with Gasteiger partial charge in [0.05, 0.1) is 11.5 Å². The van der Waals surface area contributed by atoms with Gasteiger partial charge in [-0.3, -0.25) is 0 Å². The molecular weight excluding hydrogens is 207 g/mol. The van der Waals surface area contributed by atoms with Crippen molar-refractivity contribution >= 4 is 0 Å². The second kappa shape index (κ2) is 4.84.